The topological polar surface area (TPSA) is 49.1 Å². The Balaban J connectivity index is 2.15. The standard InChI is InChI=1S/C5H11NOS/c1-4-2-5(3-4)8(6)7/h4-5H,2-3,6H2,1H3/t4?,5?,8-/m1/s1. The molecule has 1 saturated carbocycles. The molecule has 0 radical (unpaired) electrons. The van der Waals surface area contributed by atoms with Crippen LogP contribution in [0.3, 0.4) is 0 Å². The second kappa shape index (κ2) is 2.25. The minimum absolute atomic E-state index is 0.310. The zero-order valence-electron chi connectivity index (χ0n) is 4.96. The van der Waals surface area contributed by atoms with E-state index >= 15 is 0 Å². The summed E-state index contributed by atoms with van der Waals surface area (Å²) < 4.78 is 10.5. The smallest absolute Gasteiger partial charge is 0.135 e. The molecule has 1 aliphatic rings. The zero-order valence-corrected chi connectivity index (χ0v) is 5.78. The molecule has 1 rings (SSSR count). The molecule has 0 bridgehead atoms. The van der Waals surface area contributed by atoms with E-state index in [2.05, 4.69) is 6.92 Å². The third kappa shape index (κ3) is 1.16. The predicted molar refractivity (Wildman–Crippen MR) is 34.5 cm³/mol. The summed E-state index contributed by atoms with van der Waals surface area (Å²) >= 11 is -1.04. The van der Waals surface area contributed by atoms with E-state index in [1.165, 1.54) is 0 Å². The lowest BCUT2D eigenvalue weighted by molar-refractivity contribution is 0.344. The van der Waals surface area contributed by atoms with Gasteiger partial charge < -0.3 is 4.55 Å². The molecule has 0 spiro atoms. The van der Waals surface area contributed by atoms with Crippen LogP contribution in [0.4, 0.5) is 0 Å². The SMILES string of the molecule is CC1CC([S@+](N)[O-])C1. The van der Waals surface area contributed by atoms with E-state index in [-0.39, 0.29) is 0 Å². The summed E-state index contributed by atoms with van der Waals surface area (Å²) in [6.45, 7) is 2.16. The first-order valence-electron chi connectivity index (χ1n) is 2.85. The summed E-state index contributed by atoms with van der Waals surface area (Å²) in [6, 6.07) is 0. The van der Waals surface area contributed by atoms with Crippen LogP contribution >= 0.6 is 0 Å². The Morgan fingerprint density at radius 1 is 1.62 bits per heavy atom. The van der Waals surface area contributed by atoms with Crippen molar-refractivity contribution in [3.05, 3.63) is 0 Å². The zero-order chi connectivity index (χ0) is 6.15. The Bertz CT molecular complexity index is 80.5. The molecule has 1 aliphatic carbocycles. The minimum atomic E-state index is -1.04. The molecule has 0 unspecified atom stereocenters. The average Bonchev–Trinajstić information content (AvgIpc) is 1.57. The lowest BCUT2D eigenvalue weighted by Gasteiger charge is -2.30. The molecule has 0 aromatic rings. The molecule has 3 heteroatoms. The van der Waals surface area contributed by atoms with Crippen LogP contribution in [-0.4, -0.2) is 9.80 Å². The monoisotopic (exact) mass is 133 g/mol. The quantitative estimate of drug-likeness (QED) is 0.526. The van der Waals surface area contributed by atoms with Gasteiger partial charge in [0, 0.05) is 11.4 Å². The first-order chi connectivity index (χ1) is 3.70. The molecule has 0 amide bonds. The van der Waals surface area contributed by atoms with Crippen LogP contribution in [0, 0.1) is 5.92 Å². The molecule has 8 heavy (non-hydrogen) atoms. The van der Waals surface area contributed by atoms with E-state index in [0.717, 1.165) is 18.8 Å². The van der Waals surface area contributed by atoms with E-state index in [1.54, 1.807) is 0 Å². The van der Waals surface area contributed by atoms with Crippen molar-refractivity contribution in [2.24, 2.45) is 11.1 Å². The van der Waals surface area contributed by atoms with Crippen molar-refractivity contribution in [1.82, 2.24) is 0 Å². The summed E-state index contributed by atoms with van der Waals surface area (Å²) in [5.41, 5.74) is 0. The molecule has 0 aromatic carbocycles. The molecular weight excluding hydrogens is 122 g/mol. The third-order valence-corrected chi connectivity index (χ3v) is 2.70. The van der Waals surface area contributed by atoms with Crippen LogP contribution in [0.25, 0.3) is 0 Å². The van der Waals surface area contributed by atoms with Gasteiger partial charge >= 0.3 is 0 Å². The average molecular weight is 133 g/mol. The van der Waals surface area contributed by atoms with E-state index in [0.29, 0.717) is 5.25 Å². The van der Waals surface area contributed by atoms with Crippen LogP contribution in [-0.2, 0) is 11.4 Å². The van der Waals surface area contributed by atoms with Crippen molar-refractivity contribution in [1.29, 1.82) is 0 Å². The summed E-state index contributed by atoms with van der Waals surface area (Å²) in [4.78, 5) is 0. The summed E-state index contributed by atoms with van der Waals surface area (Å²) in [7, 11) is 0. The van der Waals surface area contributed by atoms with Gasteiger partial charge in [0.25, 0.3) is 0 Å². The molecular formula is C5H11NOS. The van der Waals surface area contributed by atoms with Crippen LogP contribution in [0.1, 0.15) is 19.8 Å². The second-order valence-corrected chi connectivity index (χ2v) is 3.85. The highest BCUT2D eigenvalue weighted by Gasteiger charge is 2.33. The number of nitrogens with two attached hydrogens (primary N) is 1. The van der Waals surface area contributed by atoms with E-state index in [1.807, 2.05) is 0 Å². The van der Waals surface area contributed by atoms with Gasteiger partial charge in [0.2, 0.25) is 0 Å². The van der Waals surface area contributed by atoms with Gasteiger partial charge in [-0.05, 0) is 18.8 Å². The lowest BCUT2D eigenvalue weighted by atomic mass is 9.87. The van der Waals surface area contributed by atoms with E-state index in [4.69, 9.17) is 5.14 Å². The van der Waals surface area contributed by atoms with Gasteiger partial charge in [0.1, 0.15) is 5.25 Å². The molecule has 0 saturated heterocycles. The summed E-state index contributed by atoms with van der Waals surface area (Å²) in [5.74, 6) is 0.757. The largest absolute Gasteiger partial charge is 0.598 e. The fourth-order valence-corrected chi connectivity index (χ4v) is 2.05. The highest BCUT2D eigenvalue weighted by molar-refractivity contribution is 7.89. The van der Waals surface area contributed by atoms with Gasteiger partial charge in [0.05, 0.1) is 0 Å². The highest BCUT2D eigenvalue weighted by Crippen LogP contribution is 2.30. The molecule has 0 aromatic heterocycles. The fourth-order valence-electron chi connectivity index (χ4n) is 1.02. The predicted octanol–water partition coefficient (Wildman–Crippen LogP) is 0.407. The van der Waals surface area contributed by atoms with Crippen molar-refractivity contribution in [3.8, 4) is 0 Å². The fraction of sp³-hybridized carbons (Fsp3) is 1.00. The maximum atomic E-state index is 10.5. The Kier molecular flexibility index (Phi) is 1.80. The molecule has 2 nitrogen and oxygen atoms in total. The maximum Gasteiger partial charge on any atom is 0.135 e. The normalized spacial score (nSPS) is 40.9. The molecule has 1 fully saturated rings. The lowest BCUT2D eigenvalue weighted by Crippen LogP contribution is -2.38. The van der Waals surface area contributed by atoms with Crippen molar-refractivity contribution in [3.63, 3.8) is 0 Å². The van der Waals surface area contributed by atoms with Crippen LogP contribution in [0.2, 0.25) is 0 Å². The molecule has 48 valence electrons. The van der Waals surface area contributed by atoms with Crippen molar-refractivity contribution >= 4 is 11.4 Å². The van der Waals surface area contributed by atoms with Gasteiger partial charge in [-0.15, -0.1) is 0 Å². The Labute approximate surface area is 52.8 Å². The molecule has 0 heterocycles. The van der Waals surface area contributed by atoms with Crippen molar-refractivity contribution in [2.45, 2.75) is 25.0 Å². The maximum absolute atomic E-state index is 10.5. The number of hydrogen-bond donors (Lipinski definition) is 1. The summed E-state index contributed by atoms with van der Waals surface area (Å²) in [5, 5.41) is 5.44. The first kappa shape index (κ1) is 6.39. The van der Waals surface area contributed by atoms with Crippen molar-refractivity contribution in [2.75, 3.05) is 0 Å². The first-order valence-corrected chi connectivity index (χ1v) is 4.12. The minimum Gasteiger partial charge on any atom is -0.598 e. The molecule has 2 N–H and O–H groups in total. The Morgan fingerprint density at radius 3 is 2.25 bits per heavy atom. The Morgan fingerprint density at radius 2 is 2.12 bits per heavy atom. The Hall–Kier alpha value is 0.270. The third-order valence-electron chi connectivity index (χ3n) is 1.66. The molecule has 0 aliphatic heterocycles. The van der Waals surface area contributed by atoms with Gasteiger partial charge in [-0.2, -0.15) is 5.14 Å². The van der Waals surface area contributed by atoms with Gasteiger partial charge in [-0.3, -0.25) is 0 Å². The van der Waals surface area contributed by atoms with E-state index in [9.17, 15) is 4.55 Å². The van der Waals surface area contributed by atoms with Crippen LogP contribution in [0.15, 0.2) is 0 Å². The van der Waals surface area contributed by atoms with Gasteiger partial charge in [-0.1, -0.05) is 6.92 Å². The molecule has 1 atom stereocenters. The number of rotatable bonds is 1. The van der Waals surface area contributed by atoms with Crippen LogP contribution in [0.5, 0.6) is 0 Å². The summed E-state index contributed by atoms with van der Waals surface area (Å²) in [6.07, 6.45) is 2.12. The van der Waals surface area contributed by atoms with Gasteiger partial charge in [-0.25, -0.2) is 0 Å². The van der Waals surface area contributed by atoms with E-state index < -0.39 is 11.4 Å². The van der Waals surface area contributed by atoms with Crippen molar-refractivity contribution < 1.29 is 4.55 Å². The van der Waals surface area contributed by atoms with Crippen LogP contribution < -0.4 is 5.14 Å². The number of hydrogen-bond acceptors (Lipinski definition) is 2. The highest BCUT2D eigenvalue weighted by atomic mass is 32.2. The second-order valence-electron chi connectivity index (χ2n) is 2.53. The van der Waals surface area contributed by atoms with Gasteiger partial charge in [0.15, 0.2) is 0 Å².